The smallest absolute Gasteiger partial charge is 0.369 e. The van der Waals surface area contributed by atoms with Gasteiger partial charge in [0.2, 0.25) is 15.9 Å². The number of nitrogens with two attached hydrogens (primary N) is 2. The van der Waals surface area contributed by atoms with E-state index in [1.54, 1.807) is 0 Å². The highest BCUT2D eigenvalue weighted by atomic mass is 35.5. The van der Waals surface area contributed by atoms with E-state index in [0.717, 1.165) is 12.1 Å². The van der Waals surface area contributed by atoms with Crippen molar-refractivity contribution in [1.29, 1.82) is 0 Å². The highest BCUT2D eigenvalue weighted by Crippen LogP contribution is 2.44. The zero-order chi connectivity index (χ0) is 29.0. The molecular weight excluding hydrogens is 583 g/mol. The quantitative estimate of drug-likeness (QED) is 0.410. The van der Waals surface area contributed by atoms with Crippen molar-refractivity contribution >= 4 is 27.5 Å². The Hall–Kier alpha value is -3.31. The zero-order valence-electron chi connectivity index (χ0n) is 18.1. The molecule has 0 spiro atoms. The van der Waals surface area contributed by atoms with Crippen LogP contribution in [0.3, 0.4) is 0 Å². The largest absolute Gasteiger partial charge is 0.419 e. The summed E-state index contributed by atoms with van der Waals surface area (Å²) in [6.45, 7) is 0. The molecule has 3 rings (SSSR count). The third-order valence-corrected chi connectivity index (χ3v) is 6.50. The lowest BCUT2D eigenvalue weighted by atomic mass is 9.86. The van der Waals surface area contributed by atoms with Gasteiger partial charge < -0.3 is 5.73 Å². The number of sulfonamides is 1. The predicted octanol–water partition coefficient (Wildman–Crippen LogP) is 4.85. The first-order chi connectivity index (χ1) is 17.1. The second-order valence-corrected chi connectivity index (χ2v) is 9.57. The van der Waals surface area contributed by atoms with Crippen LogP contribution in [0.25, 0.3) is 5.69 Å². The maximum atomic E-state index is 14.1. The Balaban J connectivity index is 2.44. The van der Waals surface area contributed by atoms with E-state index in [0.29, 0.717) is 6.07 Å². The summed E-state index contributed by atoms with van der Waals surface area (Å²) in [5, 5.41) is 7.13. The van der Waals surface area contributed by atoms with E-state index in [2.05, 4.69) is 5.10 Å². The second-order valence-electron chi connectivity index (χ2n) is 7.66. The normalized spacial score (nSPS) is 14.0. The molecule has 2 aromatic carbocycles. The summed E-state index contributed by atoms with van der Waals surface area (Å²) in [4.78, 5) is 11.1. The van der Waals surface area contributed by atoms with Gasteiger partial charge in [-0.05, 0) is 29.3 Å². The van der Waals surface area contributed by atoms with Crippen molar-refractivity contribution < 1.29 is 52.7 Å². The van der Waals surface area contributed by atoms with Crippen molar-refractivity contribution in [1.82, 2.24) is 9.78 Å². The number of primary amides is 1. The minimum atomic E-state index is -5.44. The summed E-state index contributed by atoms with van der Waals surface area (Å²) in [6.07, 6.45) is -15.2. The number of benzene rings is 2. The number of hydrogen-bond donors (Lipinski definition) is 2. The minimum Gasteiger partial charge on any atom is -0.369 e. The van der Waals surface area contributed by atoms with Crippen molar-refractivity contribution in [2.45, 2.75) is 29.3 Å². The van der Waals surface area contributed by atoms with E-state index in [1.165, 1.54) is 0 Å². The van der Waals surface area contributed by atoms with E-state index in [9.17, 15) is 52.7 Å². The van der Waals surface area contributed by atoms with Crippen LogP contribution in [0, 0.1) is 0 Å². The molecule has 0 bridgehead atoms. The van der Waals surface area contributed by atoms with Crippen LogP contribution in [-0.2, 0) is 33.3 Å². The summed E-state index contributed by atoms with van der Waals surface area (Å²) < 4.78 is 146. The van der Waals surface area contributed by atoms with Gasteiger partial charge in [-0.2, -0.15) is 44.6 Å². The highest BCUT2D eigenvalue weighted by molar-refractivity contribution is 7.89. The molecule has 1 heterocycles. The van der Waals surface area contributed by atoms with E-state index in [4.69, 9.17) is 22.5 Å². The molecular formula is C20H12ClF9N4O3S. The summed E-state index contributed by atoms with van der Waals surface area (Å²) >= 11 is 5.78. The number of hydrogen-bond acceptors (Lipinski definition) is 4. The van der Waals surface area contributed by atoms with Gasteiger partial charge in [-0.1, -0.05) is 23.7 Å². The molecule has 0 fully saturated rings. The van der Waals surface area contributed by atoms with Gasteiger partial charge in [0.25, 0.3) is 0 Å². The molecule has 0 aliphatic rings. The topological polar surface area (TPSA) is 121 Å². The SMILES string of the molecule is NC(=O)C(c1cc(S(N)(=O)=O)c(-n2cc(C(F)(F)F)cn2)cc1C(F)(F)F)c1cccc(C(F)(F)F)c1Cl. The van der Waals surface area contributed by atoms with Gasteiger partial charge in [-0.25, -0.2) is 18.2 Å². The molecule has 1 unspecified atom stereocenters. The van der Waals surface area contributed by atoms with Gasteiger partial charge in [0, 0.05) is 6.20 Å². The van der Waals surface area contributed by atoms with Crippen LogP contribution < -0.4 is 10.9 Å². The number of aromatic nitrogens is 2. The van der Waals surface area contributed by atoms with E-state index >= 15 is 0 Å². The van der Waals surface area contributed by atoms with Gasteiger partial charge >= 0.3 is 18.5 Å². The first-order valence-corrected chi connectivity index (χ1v) is 11.6. The Morgan fingerprint density at radius 3 is 1.95 bits per heavy atom. The van der Waals surface area contributed by atoms with Crippen molar-refractivity contribution in [3.63, 3.8) is 0 Å². The number of primary sulfonamides is 1. The maximum Gasteiger partial charge on any atom is 0.419 e. The first kappa shape index (κ1) is 29.2. The number of nitrogens with zero attached hydrogens (tertiary/aromatic N) is 2. The van der Waals surface area contributed by atoms with Crippen molar-refractivity contribution in [3.8, 4) is 5.69 Å². The Morgan fingerprint density at radius 1 is 0.921 bits per heavy atom. The molecule has 0 aliphatic heterocycles. The molecule has 0 saturated heterocycles. The summed E-state index contributed by atoms with van der Waals surface area (Å²) in [5.41, 5.74) is -2.82. The number of rotatable bonds is 5. The average molecular weight is 595 g/mol. The number of alkyl halides is 9. The number of carbonyl (C=O) groups is 1. The summed E-state index contributed by atoms with van der Waals surface area (Å²) in [7, 11) is -5.05. The summed E-state index contributed by atoms with van der Waals surface area (Å²) in [6, 6.07) is 2.17. The number of halogens is 10. The van der Waals surface area contributed by atoms with Crippen molar-refractivity contribution in [2.75, 3.05) is 0 Å². The molecule has 4 N–H and O–H groups in total. The fourth-order valence-corrected chi connectivity index (χ4v) is 4.62. The molecule has 0 radical (unpaired) electrons. The highest BCUT2D eigenvalue weighted by Gasteiger charge is 2.42. The molecule has 38 heavy (non-hydrogen) atoms. The van der Waals surface area contributed by atoms with Crippen LogP contribution in [0.4, 0.5) is 39.5 Å². The molecule has 3 aromatic rings. The monoisotopic (exact) mass is 594 g/mol. The average Bonchev–Trinajstić information content (AvgIpc) is 3.23. The Kier molecular flexibility index (Phi) is 7.28. The van der Waals surface area contributed by atoms with Crippen LogP contribution in [0.1, 0.15) is 33.7 Å². The van der Waals surface area contributed by atoms with E-state index in [-0.39, 0.29) is 29.2 Å². The van der Waals surface area contributed by atoms with Crippen LogP contribution >= 0.6 is 11.6 Å². The maximum absolute atomic E-state index is 14.1. The van der Waals surface area contributed by atoms with E-state index in [1.807, 2.05) is 0 Å². The number of amides is 1. The molecule has 206 valence electrons. The Morgan fingerprint density at radius 2 is 1.50 bits per heavy atom. The summed E-state index contributed by atoms with van der Waals surface area (Å²) in [5.74, 6) is -4.07. The molecule has 1 aromatic heterocycles. The number of carbonyl (C=O) groups excluding carboxylic acids is 1. The van der Waals surface area contributed by atoms with Crippen LogP contribution in [0.15, 0.2) is 47.6 Å². The zero-order valence-corrected chi connectivity index (χ0v) is 19.7. The lowest BCUT2D eigenvalue weighted by Crippen LogP contribution is -2.27. The third kappa shape index (κ3) is 5.73. The van der Waals surface area contributed by atoms with Gasteiger partial charge in [0.1, 0.15) is 4.90 Å². The Labute approximate surface area is 211 Å². The van der Waals surface area contributed by atoms with Crippen molar-refractivity contribution in [3.05, 3.63) is 75.6 Å². The lowest BCUT2D eigenvalue weighted by Gasteiger charge is -2.24. The Bertz CT molecular complexity index is 1510. The molecule has 0 aliphatic carbocycles. The molecule has 7 nitrogen and oxygen atoms in total. The van der Waals surface area contributed by atoms with Crippen LogP contribution in [-0.4, -0.2) is 24.1 Å². The van der Waals surface area contributed by atoms with Gasteiger partial charge in [0.15, 0.2) is 0 Å². The molecule has 1 amide bonds. The molecule has 18 heteroatoms. The second kappa shape index (κ2) is 9.46. The lowest BCUT2D eigenvalue weighted by molar-refractivity contribution is -0.139. The van der Waals surface area contributed by atoms with E-state index < -0.39 is 83.8 Å². The van der Waals surface area contributed by atoms with Crippen molar-refractivity contribution in [2.24, 2.45) is 10.9 Å². The predicted molar refractivity (Wildman–Crippen MR) is 112 cm³/mol. The van der Waals surface area contributed by atoms with Gasteiger partial charge in [-0.15, -0.1) is 0 Å². The standard InChI is InChI=1S/C20H12ClF9N4O3S/c21-16-9(2-1-3-11(16)19(25,26)27)15(17(31)35)10-4-14(38(32,36)37)13(5-12(10)20(28,29)30)34-7-8(6-33-34)18(22,23)24/h1-7,15H,(H2,31,35)(H2,32,36,37). The molecule has 1 atom stereocenters. The van der Waals surface area contributed by atoms with Crippen LogP contribution in [0.5, 0.6) is 0 Å². The fraction of sp³-hybridized carbons (Fsp3) is 0.200. The minimum absolute atomic E-state index is 0.0275. The first-order valence-electron chi connectivity index (χ1n) is 9.69. The molecule has 0 saturated carbocycles. The van der Waals surface area contributed by atoms with Crippen LogP contribution in [0.2, 0.25) is 5.02 Å². The third-order valence-electron chi connectivity index (χ3n) is 5.14. The fourth-order valence-electron chi connectivity index (χ4n) is 3.54. The van der Waals surface area contributed by atoms with Gasteiger partial charge in [0.05, 0.1) is 39.5 Å². The van der Waals surface area contributed by atoms with Gasteiger partial charge in [-0.3, -0.25) is 4.79 Å².